The molecule has 1 N–H and O–H groups in total. The molecular weight excluding hydrogens is 438 g/mol. The molecule has 0 saturated heterocycles. The van der Waals surface area contributed by atoms with E-state index in [9.17, 15) is 4.79 Å². The number of rotatable bonds is 7. The highest BCUT2D eigenvalue weighted by Crippen LogP contribution is 2.27. The highest BCUT2D eigenvalue weighted by molar-refractivity contribution is 7.13. The maximum atomic E-state index is 13.7. The Labute approximate surface area is 203 Å². The van der Waals surface area contributed by atoms with Crippen LogP contribution < -0.4 is 5.32 Å². The van der Waals surface area contributed by atoms with Crippen molar-refractivity contribution in [1.29, 1.82) is 0 Å². The van der Waals surface area contributed by atoms with Crippen LogP contribution in [0.3, 0.4) is 0 Å². The lowest BCUT2D eigenvalue weighted by Gasteiger charge is -2.20. The summed E-state index contributed by atoms with van der Waals surface area (Å²) in [5.41, 5.74) is 5.53. The molecule has 5 aromatic rings. The Hall–Kier alpha value is -3.96. The molecule has 1 amide bonds. The van der Waals surface area contributed by atoms with Crippen LogP contribution in [0.1, 0.15) is 33.2 Å². The lowest BCUT2D eigenvalue weighted by atomic mass is 9.98. The molecule has 2 aromatic heterocycles. The molecule has 5 rings (SSSR count). The molecular formula is C29H25N3OS. The summed E-state index contributed by atoms with van der Waals surface area (Å²) in [6, 6.07) is 34.2. The predicted octanol–water partition coefficient (Wildman–Crippen LogP) is 6.62. The number of carbonyl (C=O) groups is 1. The molecule has 0 aliphatic carbocycles. The minimum absolute atomic E-state index is 0.151. The number of carbonyl (C=O) groups excluding carboxylic acids is 1. The van der Waals surface area contributed by atoms with Crippen LogP contribution in [0.2, 0.25) is 0 Å². The van der Waals surface area contributed by atoms with Crippen molar-refractivity contribution in [3.8, 4) is 16.3 Å². The predicted molar refractivity (Wildman–Crippen MR) is 138 cm³/mol. The van der Waals surface area contributed by atoms with Gasteiger partial charge in [-0.05, 0) is 59.7 Å². The second-order valence-electron chi connectivity index (χ2n) is 8.27. The van der Waals surface area contributed by atoms with Gasteiger partial charge in [-0.3, -0.25) is 4.79 Å². The van der Waals surface area contributed by atoms with Gasteiger partial charge in [0.2, 0.25) is 0 Å². The van der Waals surface area contributed by atoms with E-state index in [0.29, 0.717) is 12.1 Å². The zero-order valence-corrected chi connectivity index (χ0v) is 19.7. The fourth-order valence-electron chi connectivity index (χ4n) is 4.06. The van der Waals surface area contributed by atoms with Gasteiger partial charge in [0, 0.05) is 0 Å². The summed E-state index contributed by atoms with van der Waals surface area (Å²) in [7, 11) is 0. The van der Waals surface area contributed by atoms with E-state index in [1.165, 1.54) is 5.56 Å². The van der Waals surface area contributed by atoms with Gasteiger partial charge >= 0.3 is 0 Å². The maximum Gasteiger partial charge on any atom is 0.270 e. The summed E-state index contributed by atoms with van der Waals surface area (Å²) >= 11 is 1.61. The number of hydrogen-bond donors (Lipinski definition) is 1. The van der Waals surface area contributed by atoms with E-state index in [-0.39, 0.29) is 11.9 Å². The van der Waals surface area contributed by atoms with Gasteiger partial charge in [-0.15, -0.1) is 11.3 Å². The van der Waals surface area contributed by atoms with Crippen LogP contribution in [0.15, 0.2) is 109 Å². The first-order valence-electron chi connectivity index (χ1n) is 11.3. The highest BCUT2D eigenvalue weighted by atomic mass is 32.1. The molecule has 3 aromatic carbocycles. The lowest BCUT2D eigenvalue weighted by Crippen LogP contribution is -2.31. The van der Waals surface area contributed by atoms with Crippen molar-refractivity contribution in [3.63, 3.8) is 0 Å². The van der Waals surface area contributed by atoms with Crippen molar-refractivity contribution in [2.75, 3.05) is 0 Å². The molecule has 0 unspecified atom stereocenters. The van der Waals surface area contributed by atoms with Gasteiger partial charge in [-0.1, -0.05) is 78.9 Å². The Morgan fingerprint density at radius 1 is 0.912 bits per heavy atom. The fourth-order valence-corrected chi connectivity index (χ4v) is 4.75. The number of amides is 1. The normalized spacial score (nSPS) is 11.8. The minimum atomic E-state index is -0.165. The quantitative estimate of drug-likeness (QED) is 0.295. The molecule has 1 atom stereocenters. The van der Waals surface area contributed by atoms with E-state index in [2.05, 4.69) is 29.6 Å². The van der Waals surface area contributed by atoms with Crippen LogP contribution in [0.4, 0.5) is 0 Å². The van der Waals surface area contributed by atoms with E-state index in [1.54, 1.807) is 16.0 Å². The largest absolute Gasteiger partial charge is 0.344 e. The number of hydrogen-bond acceptors (Lipinski definition) is 3. The molecule has 0 spiro atoms. The van der Waals surface area contributed by atoms with Crippen LogP contribution in [0, 0.1) is 6.92 Å². The first-order chi connectivity index (χ1) is 16.7. The van der Waals surface area contributed by atoms with E-state index in [1.807, 2.05) is 91.2 Å². The second-order valence-corrected chi connectivity index (χ2v) is 9.22. The summed E-state index contributed by atoms with van der Waals surface area (Å²) in [6.45, 7) is 2.04. The number of thiophene rings is 1. The second kappa shape index (κ2) is 9.89. The van der Waals surface area contributed by atoms with E-state index in [4.69, 9.17) is 5.10 Å². The molecule has 5 heteroatoms. The third-order valence-electron chi connectivity index (χ3n) is 5.75. The summed E-state index contributed by atoms with van der Waals surface area (Å²) in [5, 5.41) is 10.1. The Morgan fingerprint density at radius 2 is 1.68 bits per heavy atom. The Kier molecular flexibility index (Phi) is 6.36. The summed E-state index contributed by atoms with van der Waals surface area (Å²) in [5.74, 6) is -0.151. The molecule has 2 heterocycles. The summed E-state index contributed by atoms with van der Waals surface area (Å²) in [4.78, 5) is 14.7. The van der Waals surface area contributed by atoms with Crippen molar-refractivity contribution >= 4 is 17.2 Å². The Morgan fingerprint density at radius 3 is 2.38 bits per heavy atom. The number of nitrogens with one attached hydrogen (secondary N) is 1. The molecule has 0 aliphatic heterocycles. The average molecular weight is 464 g/mol. The standard InChI is InChI=1S/C29H25N3OS/c1-21-10-8-15-24(18-21)32-27(20-26(31-32)28-16-9-17-34-28)29(33)30-25(23-13-6-3-7-14-23)19-22-11-4-2-5-12-22/h2-18,20,25H,19H2,1H3,(H,30,33)/t25-/m1/s1. The molecule has 0 radical (unpaired) electrons. The van der Waals surface area contributed by atoms with Crippen LogP contribution in [0.5, 0.6) is 0 Å². The first kappa shape index (κ1) is 21.9. The summed E-state index contributed by atoms with van der Waals surface area (Å²) < 4.78 is 1.75. The number of aryl methyl sites for hydroxylation is 1. The fraction of sp³-hybridized carbons (Fsp3) is 0.103. The maximum absolute atomic E-state index is 13.7. The van der Waals surface area contributed by atoms with Gasteiger partial charge < -0.3 is 5.32 Å². The molecule has 0 saturated carbocycles. The average Bonchev–Trinajstić information content (AvgIpc) is 3.55. The third-order valence-corrected chi connectivity index (χ3v) is 6.64. The first-order valence-corrected chi connectivity index (χ1v) is 12.2. The smallest absolute Gasteiger partial charge is 0.270 e. The van der Waals surface area contributed by atoms with Gasteiger partial charge in [0.25, 0.3) is 5.91 Å². The molecule has 168 valence electrons. The number of aromatic nitrogens is 2. The zero-order valence-electron chi connectivity index (χ0n) is 18.9. The Bertz CT molecular complexity index is 1380. The zero-order chi connectivity index (χ0) is 23.3. The SMILES string of the molecule is Cc1cccc(-n2nc(-c3cccs3)cc2C(=O)N[C@H](Cc2ccccc2)c2ccccc2)c1. The van der Waals surface area contributed by atoms with Crippen molar-refractivity contribution < 1.29 is 4.79 Å². The van der Waals surface area contributed by atoms with Crippen LogP contribution in [0.25, 0.3) is 16.3 Å². The van der Waals surface area contributed by atoms with Gasteiger partial charge in [0.1, 0.15) is 11.4 Å². The Balaban J connectivity index is 1.52. The third kappa shape index (κ3) is 4.85. The monoisotopic (exact) mass is 463 g/mol. The minimum Gasteiger partial charge on any atom is -0.344 e. The van der Waals surface area contributed by atoms with Crippen LogP contribution in [-0.4, -0.2) is 15.7 Å². The molecule has 34 heavy (non-hydrogen) atoms. The van der Waals surface area contributed by atoms with Crippen molar-refractivity contribution in [2.45, 2.75) is 19.4 Å². The van der Waals surface area contributed by atoms with Crippen LogP contribution in [-0.2, 0) is 6.42 Å². The molecule has 4 nitrogen and oxygen atoms in total. The number of benzene rings is 3. The van der Waals surface area contributed by atoms with Crippen molar-refractivity contribution in [3.05, 3.63) is 131 Å². The van der Waals surface area contributed by atoms with Gasteiger partial charge in [-0.2, -0.15) is 5.10 Å². The lowest BCUT2D eigenvalue weighted by molar-refractivity contribution is 0.0928. The van der Waals surface area contributed by atoms with Crippen LogP contribution >= 0.6 is 11.3 Å². The molecule has 0 fully saturated rings. The van der Waals surface area contributed by atoms with Crippen molar-refractivity contribution in [2.24, 2.45) is 0 Å². The molecule has 0 bridgehead atoms. The summed E-state index contributed by atoms with van der Waals surface area (Å²) in [6.07, 6.45) is 0.701. The number of nitrogens with zero attached hydrogens (tertiary/aromatic N) is 2. The van der Waals surface area contributed by atoms with Gasteiger partial charge in [-0.25, -0.2) is 4.68 Å². The molecule has 0 aliphatic rings. The van der Waals surface area contributed by atoms with Crippen molar-refractivity contribution in [1.82, 2.24) is 15.1 Å². The van der Waals surface area contributed by atoms with E-state index >= 15 is 0 Å². The van der Waals surface area contributed by atoms with E-state index in [0.717, 1.165) is 27.4 Å². The highest BCUT2D eigenvalue weighted by Gasteiger charge is 2.22. The van der Waals surface area contributed by atoms with Gasteiger partial charge in [0.05, 0.1) is 16.6 Å². The van der Waals surface area contributed by atoms with E-state index < -0.39 is 0 Å². The van der Waals surface area contributed by atoms with Gasteiger partial charge in [0.15, 0.2) is 0 Å². The topological polar surface area (TPSA) is 46.9 Å².